The van der Waals surface area contributed by atoms with E-state index in [2.05, 4.69) is 12.2 Å². The molecular weight excluding hydrogens is 247 g/mol. The number of anilines is 1. The highest BCUT2D eigenvalue weighted by molar-refractivity contribution is 5.97. The van der Waals surface area contributed by atoms with Crippen LogP contribution < -0.4 is 15.8 Å². The number of methoxy groups -OCH3 is 1. The lowest BCUT2D eigenvalue weighted by atomic mass is 9.62. The second-order valence-electron chi connectivity index (χ2n) is 5.30. The molecule has 1 amide bonds. The van der Waals surface area contributed by atoms with Crippen LogP contribution in [0.1, 0.15) is 19.8 Å². The number of benzene rings is 1. The summed E-state index contributed by atoms with van der Waals surface area (Å²) in [7, 11) is 1.44. The van der Waals surface area contributed by atoms with Crippen LogP contribution in [-0.4, -0.2) is 19.6 Å². The van der Waals surface area contributed by atoms with Crippen molar-refractivity contribution in [2.45, 2.75) is 19.8 Å². The van der Waals surface area contributed by atoms with E-state index in [0.29, 0.717) is 23.9 Å². The molecule has 0 atom stereocenters. The second kappa shape index (κ2) is 5.17. The van der Waals surface area contributed by atoms with Gasteiger partial charge >= 0.3 is 0 Å². The van der Waals surface area contributed by atoms with E-state index in [1.165, 1.54) is 25.3 Å². The van der Waals surface area contributed by atoms with Crippen LogP contribution >= 0.6 is 0 Å². The van der Waals surface area contributed by atoms with Gasteiger partial charge in [-0.1, -0.05) is 6.92 Å². The van der Waals surface area contributed by atoms with Gasteiger partial charge in [0, 0.05) is 12.6 Å². The van der Waals surface area contributed by atoms with Gasteiger partial charge in [-0.3, -0.25) is 4.79 Å². The molecule has 0 bridgehead atoms. The third-order valence-electron chi connectivity index (χ3n) is 3.76. The van der Waals surface area contributed by atoms with Gasteiger partial charge in [-0.15, -0.1) is 0 Å². The number of halogens is 1. The molecule has 0 heterocycles. The van der Waals surface area contributed by atoms with E-state index in [0.717, 1.165) is 12.8 Å². The molecule has 104 valence electrons. The van der Waals surface area contributed by atoms with E-state index in [9.17, 15) is 9.18 Å². The number of hydrogen-bond donors (Lipinski definition) is 2. The molecule has 1 aromatic rings. The van der Waals surface area contributed by atoms with E-state index >= 15 is 0 Å². The molecule has 0 aliphatic heterocycles. The Morgan fingerprint density at radius 2 is 2.26 bits per heavy atom. The van der Waals surface area contributed by atoms with Crippen molar-refractivity contribution < 1.29 is 13.9 Å². The van der Waals surface area contributed by atoms with E-state index < -0.39 is 11.2 Å². The van der Waals surface area contributed by atoms with Gasteiger partial charge in [0.15, 0.2) is 0 Å². The molecule has 0 saturated heterocycles. The Morgan fingerprint density at radius 3 is 2.79 bits per heavy atom. The number of ether oxygens (including phenoxy) is 1. The first-order chi connectivity index (χ1) is 9.00. The van der Waals surface area contributed by atoms with Crippen LogP contribution in [0.3, 0.4) is 0 Å². The summed E-state index contributed by atoms with van der Waals surface area (Å²) in [6.45, 7) is 2.42. The summed E-state index contributed by atoms with van der Waals surface area (Å²) >= 11 is 0. The van der Waals surface area contributed by atoms with Crippen LogP contribution in [0.4, 0.5) is 10.1 Å². The number of hydrogen-bond acceptors (Lipinski definition) is 3. The molecule has 5 heteroatoms. The van der Waals surface area contributed by atoms with Crippen LogP contribution in [0.5, 0.6) is 5.75 Å². The van der Waals surface area contributed by atoms with Crippen LogP contribution in [-0.2, 0) is 4.79 Å². The van der Waals surface area contributed by atoms with Gasteiger partial charge in [-0.05, 0) is 30.9 Å². The lowest BCUT2D eigenvalue weighted by Gasteiger charge is -2.44. The summed E-state index contributed by atoms with van der Waals surface area (Å²) in [5, 5.41) is 2.79. The van der Waals surface area contributed by atoms with Gasteiger partial charge in [0.2, 0.25) is 5.91 Å². The third-order valence-corrected chi connectivity index (χ3v) is 3.76. The second-order valence-corrected chi connectivity index (χ2v) is 5.30. The van der Waals surface area contributed by atoms with Crippen LogP contribution in [0, 0.1) is 17.2 Å². The lowest BCUT2D eigenvalue weighted by molar-refractivity contribution is -0.132. The average Bonchev–Trinajstić information content (AvgIpc) is 2.36. The van der Waals surface area contributed by atoms with E-state index in [1.807, 2.05) is 0 Å². The van der Waals surface area contributed by atoms with E-state index in [1.54, 1.807) is 0 Å². The topological polar surface area (TPSA) is 64.3 Å². The van der Waals surface area contributed by atoms with Gasteiger partial charge in [-0.2, -0.15) is 0 Å². The molecule has 3 N–H and O–H groups in total. The number of rotatable bonds is 4. The van der Waals surface area contributed by atoms with Gasteiger partial charge in [-0.25, -0.2) is 4.39 Å². The summed E-state index contributed by atoms with van der Waals surface area (Å²) < 4.78 is 18.1. The molecule has 1 saturated carbocycles. The molecule has 0 spiro atoms. The number of carbonyl (C=O) groups excluding carboxylic acids is 1. The minimum Gasteiger partial charge on any atom is -0.494 e. The molecule has 1 fully saturated rings. The first-order valence-electron chi connectivity index (χ1n) is 6.36. The Bertz CT molecular complexity index is 484. The van der Waals surface area contributed by atoms with Gasteiger partial charge in [0.25, 0.3) is 0 Å². The van der Waals surface area contributed by atoms with Crippen molar-refractivity contribution in [3.63, 3.8) is 0 Å². The standard InChI is InChI=1S/C14H19FN2O2/c1-9-6-14(7-9,8-16)13(18)17-11-4-3-10(15)5-12(11)19-2/h3-5,9H,6-8,16H2,1-2H3,(H,17,18). The highest BCUT2D eigenvalue weighted by atomic mass is 19.1. The van der Waals surface area contributed by atoms with Gasteiger partial charge in [0.1, 0.15) is 11.6 Å². The van der Waals surface area contributed by atoms with Crippen molar-refractivity contribution in [2.75, 3.05) is 19.0 Å². The van der Waals surface area contributed by atoms with Gasteiger partial charge in [0.05, 0.1) is 18.2 Å². The summed E-state index contributed by atoms with van der Waals surface area (Å²) in [6.07, 6.45) is 1.58. The summed E-state index contributed by atoms with van der Waals surface area (Å²) in [5.41, 5.74) is 5.71. The highest BCUT2D eigenvalue weighted by Crippen LogP contribution is 2.45. The maximum Gasteiger partial charge on any atom is 0.231 e. The molecule has 1 aliphatic carbocycles. The highest BCUT2D eigenvalue weighted by Gasteiger charge is 2.47. The zero-order chi connectivity index (χ0) is 14.0. The Labute approximate surface area is 112 Å². The summed E-state index contributed by atoms with van der Waals surface area (Å²) in [4.78, 5) is 12.3. The lowest BCUT2D eigenvalue weighted by Crippen LogP contribution is -2.51. The Balaban J connectivity index is 2.15. The normalized spacial score (nSPS) is 25.6. The molecule has 4 nitrogen and oxygen atoms in total. The van der Waals surface area contributed by atoms with Crippen molar-refractivity contribution in [3.05, 3.63) is 24.0 Å². The van der Waals surface area contributed by atoms with Crippen molar-refractivity contribution in [2.24, 2.45) is 17.1 Å². The molecule has 2 rings (SSSR count). The molecule has 0 aromatic heterocycles. The van der Waals surface area contributed by atoms with Crippen molar-refractivity contribution in [1.29, 1.82) is 0 Å². The predicted octanol–water partition coefficient (Wildman–Crippen LogP) is 2.15. The number of amides is 1. The summed E-state index contributed by atoms with van der Waals surface area (Å²) in [5.74, 6) is 0.316. The van der Waals surface area contributed by atoms with Gasteiger partial charge < -0.3 is 15.8 Å². The molecule has 0 unspecified atom stereocenters. The first kappa shape index (κ1) is 13.8. The fourth-order valence-electron chi connectivity index (χ4n) is 2.74. The monoisotopic (exact) mass is 266 g/mol. The Morgan fingerprint density at radius 1 is 1.58 bits per heavy atom. The molecule has 1 aromatic carbocycles. The maximum absolute atomic E-state index is 13.1. The average molecular weight is 266 g/mol. The predicted molar refractivity (Wildman–Crippen MR) is 71.5 cm³/mol. The minimum atomic E-state index is -0.487. The Hall–Kier alpha value is -1.62. The van der Waals surface area contributed by atoms with E-state index in [-0.39, 0.29) is 5.91 Å². The summed E-state index contributed by atoms with van der Waals surface area (Å²) in [6, 6.07) is 4.03. The SMILES string of the molecule is COc1cc(F)ccc1NC(=O)C1(CN)CC(C)C1. The largest absolute Gasteiger partial charge is 0.494 e. The van der Waals surface area contributed by atoms with Crippen LogP contribution in [0.15, 0.2) is 18.2 Å². The molecule has 0 radical (unpaired) electrons. The zero-order valence-corrected chi connectivity index (χ0v) is 11.2. The first-order valence-corrected chi connectivity index (χ1v) is 6.36. The number of nitrogens with two attached hydrogens (primary N) is 1. The smallest absolute Gasteiger partial charge is 0.231 e. The number of carbonyl (C=O) groups is 1. The minimum absolute atomic E-state index is 0.113. The van der Waals surface area contributed by atoms with Crippen molar-refractivity contribution in [3.8, 4) is 5.75 Å². The van der Waals surface area contributed by atoms with Crippen LogP contribution in [0.25, 0.3) is 0 Å². The fourth-order valence-corrected chi connectivity index (χ4v) is 2.74. The van der Waals surface area contributed by atoms with Crippen LogP contribution in [0.2, 0.25) is 0 Å². The quantitative estimate of drug-likeness (QED) is 0.877. The van der Waals surface area contributed by atoms with E-state index in [4.69, 9.17) is 10.5 Å². The number of nitrogens with one attached hydrogen (secondary N) is 1. The zero-order valence-electron chi connectivity index (χ0n) is 11.2. The Kier molecular flexibility index (Phi) is 3.75. The third kappa shape index (κ3) is 2.56. The molecule has 1 aliphatic rings. The van der Waals surface area contributed by atoms with Crippen molar-refractivity contribution >= 4 is 11.6 Å². The van der Waals surface area contributed by atoms with Crippen molar-refractivity contribution in [1.82, 2.24) is 0 Å². The maximum atomic E-state index is 13.1. The molecular formula is C14H19FN2O2. The fraction of sp³-hybridized carbons (Fsp3) is 0.500. The molecule has 19 heavy (non-hydrogen) atoms.